The van der Waals surface area contributed by atoms with Crippen molar-refractivity contribution in [1.82, 2.24) is 5.32 Å². The minimum absolute atomic E-state index is 0.0357. The summed E-state index contributed by atoms with van der Waals surface area (Å²) in [5.41, 5.74) is 0. The van der Waals surface area contributed by atoms with Gasteiger partial charge in [-0.15, -0.1) is 0 Å². The van der Waals surface area contributed by atoms with Crippen molar-refractivity contribution in [3.63, 3.8) is 0 Å². The van der Waals surface area contributed by atoms with E-state index in [1.165, 1.54) is 180 Å². The van der Waals surface area contributed by atoms with E-state index < -0.39 is 20.0 Å². The molecule has 0 saturated carbocycles. The number of carbonyl (C=O) groups excluding carboxylic acids is 2. The van der Waals surface area contributed by atoms with Crippen LogP contribution in [-0.2, 0) is 27.9 Å². The highest BCUT2D eigenvalue weighted by atomic mass is 31.2. The third kappa shape index (κ3) is 59.9. The molecule has 0 heterocycles. The summed E-state index contributed by atoms with van der Waals surface area (Å²) in [6, 6.07) is -0.858. The number of rotatable bonds is 60. The summed E-state index contributed by atoms with van der Waals surface area (Å²) in [4.78, 5) is 37.8. The van der Waals surface area contributed by atoms with Crippen molar-refractivity contribution in [3.05, 3.63) is 72.9 Å². The lowest BCUT2D eigenvalue weighted by atomic mass is 10.0. The minimum Gasteiger partial charge on any atom is -0.456 e. The molecule has 0 rings (SSSR count). The van der Waals surface area contributed by atoms with Crippen molar-refractivity contribution in [1.29, 1.82) is 0 Å². The van der Waals surface area contributed by atoms with Crippen LogP contribution in [0.3, 0.4) is 0 Å². The lowest BCUT2D eigenvalue weighted by Gasteiger charge is -2.27. The molecule has 0 aromatic heterocycles. The number of quaternary nitrogens is 1. The first kappa shape index (κ1) is 76.5. The van der Waals surface area contributed by atoms with Crippen LogP contribution in [0.25, 0.3) is 0 Å². The van der Waals surface area contributed by atoms with Crippen molar-refractivity contribution in [2.75, 3.05) is 40.9 Å². The van der Waals surface area contributed by atoms with E-state index in [1.807, 2.05) is 33.3 Å². The number of amides is 1. The third-order valence-electron chi connectivity index (χ3n) is 14.6. The van der Waals surface area contributed by atoms with Crippen LogP contribution in [0.4, 0.5) is 0 Å². The van der Waals surface area contributed by atoms with Gasteiger partial charge < -0.3 is 19.4 Å². The van der Waals surface area contributed by atoms with Crippen LogP contribution < -0.4 is 5.32 Å². The molecule has 0 spiro atoms. The van der Waals surface area contributed by atoms with E-state index in [1.54, 1.807) is 0 Å². The maximum atomic E-state index is 13.6. The maximum absolute atomic E-state index is 13.6. The largest absolute Gasteiger partial charge is 0.472 e. The zero-order valence-electron chi connectivity index (χ0n) is 52.6. The summed E-state index contributed by atoms with van der Waals surface area (Å²) in [7, 11) is 1.49. The van der Waals surface area contributed by atoms with E-state index >= 15 is 0 Å². The fourth-order valence-corrected chi connectivity index (χ4v) is 10.2. The molecule has 10 heteroatoms. The zero-order valence-corrected chi connectivity index (χ0v) is 53.5. The number of hydrogen-bond donors (Lipinski definition) is 2. The number of phosphoric ester groups is 1. The highest BCUT2D eigenvalue weighted by Gasteiger charge is 2.30. The average Bonchev–Trinajstić information content (AvgIpc) is 3.41. The Kier molecular flexibility index (Phi) is 56.7. The molecule has 3 atom stereocenters. The highest BCUT2D eigenvalue weighted by molar-refractivity contribution is 7.47. The van der Waals surface area contributed by atoms with E-state index in [9.17, 15) is 19.0 Å². The summed E-state index contributed by atoms with van der Waals surface area (Å²) in [5, 5.41) is 3.06. The van der Waals surface area contributed by atoms with Crippen molar-refractivity contribution in [2.24, 2.45) is 0 Å². The number of ether oxygens (including phenoxy) is 1. The molecule has 0 radical (unpaired) electrons. The molecule has 3 unspecified atom stereocenters. The molecule has 0 saturated heterocycles. The van der Waals surface area contributed by atoms with Gasteiger partial charge in [-0.05, 0) is 102 Å². The van der Waals surface area contributed by atoms with Crippen molar-refractivity contribution < 1.29 is 37.3 Å². The molecule has 0 aromatic carbocycles. The van der Waals surface area contributed by atoms with Crippen LogP contribution in [-0.4, -0.2) is 74.3 Å². The Balaban J connectivity index is 5.13. The summed E-state index contributed by atoms with van der Waals surface area (Å²) < 4.78 is 30.7. The first-order chi connectivity index (χ1) is 38.4. The van der Waals surface area contributed by atoms with Crippen molar-refractivity contribution in [2.45, 2.75) is 315 Å². The van der Waals surface area contributed by atoms with Gasteiger partial charge in [-0.2, -0.15) is 0 Å². The second-order valence-electron chi connectivity index (χ2n) is 23.6. The van der Waals surface area contributed by atoms with Crippen LogP contribution in [0.2, 0.25) is 0 Å². The second-order valence-corrected chi connectivity index (χ2v) is 25.1. The van der Waals surface area contributed by atoms with E-state index in [2.05, 4.69) is 86.8 Å². The highest BCUT2D eigenvalue weighted by Crippen LogP contribution is 2.43. The average molecular weight is 1130 g/mol. The standard InChI is InChI=1S/C69H127N2O7P/c1-7-10-13-16-19-22-25-27-29-31-33-34-35-36-38-40-42-44-47-50-53-56-59-62-69(73)78-67(60-57-54-51-48-45-24-21-18-15-12-9-3)66(65-77-79(74,75)76-64-63-71(4,5)6)70-68(72)61-58-55-52-49-46-43-41-39-37-32-30-28-26-23-20-17-14-11-8-2/h19-20,22-23,27-30,37,39,57,60,66-67H,7-18,21,24-26,31-36,38,40-56,58-59,61-65H2,1-6H3,(H-,70,72,74,75)/p+1/b22-19-,23-20-,29-27-,30-28-,39-37-,60-57+. The molecule has 1 amide bonds. The van der Waals surface area contributed by atoms with Gasteiger partial charge in [-0.3, -0.25) is 18.6 Å². The van der Waals surface area contributed by atoms with Gasteiger partial charge in [-0.25, -0.2) is 4.57 Å². The molecule has 0 aromatic rings. The Morgan fingerprint density at radius 2 is 0.772 bits per heavy atom. The maximum Gasteiger partial charge on any atom is 0.472 e. The quantitative estimate of drug-likeness (QED) is 0.0205. The normalized spacial score (nSPS) is 14.1. The van der Waals surface area contributed by atoms with E-state index in [4.69, 9.17) is 13.8 Å². The molecule has 2 N–H and O–H groups in total. The molecule has 0 aliphatic rings. The Hall–Kier alpha value is -2.55. The van der Waals surface area contributed by atoms with Gasteiger partial charge >= 0.3 is 13.8 Å². The molecule has 0 aliphatic heterocycles. The topological polar surface area (TPSA) is 111 Å². The molecular weight excluding hydrogens is 1000 g/mol. The van der Waals surface area contributed by atoms with Crippen LogP contribution in [0.1, 0.15) is 303 Å². The summed E-state index contributed by atoms with van der Waals surface area (Å²) in [6.45, 7) is 6.96. The summed E-state index contributed by atoms with van der Waals surface area (Å²) in [6.07, 6.45) is 76.2. The number of allylic oxidation sites excluding steroid dienone is 11. The number of nitrogens with one attached hydrogen (secondary N) is 1. The smallest absolute Gasteiger partial charge is 0.456 e. The first-order valence-corrected chi connectivity index (χ1v) is 34.8. The lowest BCUT2D eigenvalue weighted by Crippen LogP contribution is -2.47. The van der Waals surface area contributed by atoms with Crippen molar-refractivity contribution >= 4 is 19.7 Å². The Morgan fingerprint density at radius 1 is 0.443 bits per heavy atom. The predicted molar refractivity (Wildman–Crippen MR) is 341 cm³/mol. The van der Waals surface area contributed by atoms with Gasteiger partial charge in [0.2, 0.25) is 5.91 Å². The number of unbranched alkanes of at least 4 members (excludes halogenated alkanes) is 34. The molecule has 460 valence electrons. The minimum atomic E-state index is -4.46. The zero-order chi connectivity index (χ0) is 57.9. The lowest BCUT2D eigenvalue weighted by molar-refractivity contribution is -0.870. The van der Waals surface area contributed by atoms with Gasteiger partial charge in [-0.1, -0.05) is 261 Å². The number of carbonyl (C=O) groups is 2. The first-order valence-electron chi connectivity index (χ1n) is 33.3. The van der Waals surface area contributed by atoms with Crippen LogP contribution >= 0.6 is 7.82 Å². The number of likely N-dealkylation sites (N-methyl/N-ethyl adjacent to an activating group) is 1. The molecule has 0 aliphatic carbocycles. The molecule has 0 fully saturated rings. The van der Waals surface area contributed by atoms with Gasteiger partial charge in [0.15, 0.2) is 0 Å². The predicted octanol–water partition coefficient (Wildman–Crippen LogP) is 20.8. The van der Waals surface area contributed by atoms with E-state index in [0.29, 0.717) is 17.4 Å². The number of nitrogens with zero attached hydrogens (tertiary/aromatic N) is 1. The monoisotopic (exact) mass is 1130 g/mol. The fourth-order valence-electron chi connectivity index (χ4n) is 9.45. The Labute approximate surface area is 489 Å². The van der Waals surface area contributed by atoms with Gasteiger partial charge in [0, 0.05) is 12.8 Å². The second kappa shape index (κ2) is 58.6. The summed E-state index contributed by atoms with van der Waals surface area (Å²) >= 11 is 0. The Morgan fingerprint density at radius 3 is 1.18 bits per heavy atom. The third-order valence-corrected chi connectivity index (χ3v) is 15.6. The van der Waals surface area contributed by atoms with Gasteiger partial charge in [0.05, 0.1) is 33.8 Å². The van der Waals surface area contributed by atoms with Crippen molar-refractivity contribution in [3.8, 4) is 0 Å². The molecule has 0 bridgehead atoms. The van der Waals surface area contributed by atoms with Crippen LogP contribution in [0.15, 0.2) is 72.9 Å². The number of esters is 1. The molecule has 79 heavy (non-hydrogen) atoms. The van der Waals surface area contributed by atoms with Gasteiger partial charge in [0.1, 0.15) is 19.3 Å². The molecule has 9 nitrogen and oxygen atoms in total. The number of hydrogen-bond acceptors (Lipinski definition) is 6. The number of phosphoric acid groups is 1. The van der Waals surface area contributed by atoms with Crippen LogP contribution in [0, 0.1) is 0 Å². The van der Waals surface area contributed by atoms with E-state index in [-0.39, 0.29) is 31.5 Å². The summed E-state index contributed by atoms with van der Waals surface area (Å²) in [5.74, 6) is -0.515. The van der Waals surface area contributed by atoms with E-state index in [0.717, 1.165) is 89.9 Å². The van der Waals surface area contributed by atoms with Crippen LogP contribution in [0.5, 0.6) is 0 Å². The molecular formula is C69H128N2O7P+. The Bertz CT molecular complexity index is 1580. The van der Waals surface area contributed by atoms with Gasteiger partial charge in [0.25, 0.3) is 0 Å². The fraction of sp³-hybridized carbons (Fsp3) is 0.797. The SMILES string of the molecule is CCCCC/C=C\C/C=C\C/C=C\CCCCCCCCC(=O)NC(COP(=O)(O)OCC[N+](C)(C)C)C(/C=C/CCCCCCCCCCC)OC(=O)CCCCCCCCCCCCCCC/C=C\C/C=C\CCCCC.